The summed E-state index contributed by atoms with van der Waals surface area (Å²) in [6, 6.07) is 6.69. The van der Waals surface area contributed by atoms with Gasteiger partial charge in [-0.1, -0.05) is 6.08 Å². The first-order chi connectivity index (χ1) is 10.8. The van der Waals surface area contributed by atoms with Crippen molar-refractivity contribution in [2.45, 2.75) is 32.8 Å². The molecule has 0 saturated carbocycles. The van der Waals surface area contributed by atoms with Crippen LogP contribution in [-0.2, 0) is 16.0 Å². The van der Waals surface area contributed by atoms with Gasteiger partial charge in [0.2, 0.25) is 0 Å². The van der Waals surface area contributed by atoms with Crippen LogP contribution >= 0.6 is 0 Å². The Hall–Kier alpha value is -2.56. The lowest BCUT2D eigenvalue weighted by Crippen LogP contribution is -2.22. The number of rotatable bonds is 4. The van der Waals surface area contributed by atoms with Gasteiger partial charge in [-0.2, -0.15) is 0 Å². The minimum absolute atomic E-state index is 0.382. The molecule has 0 aliphatic carbocycles. The third-order valence-corrected chi connectivity index (χ3v) is 3.05. The quantitative estimate of drug-likeness (QED) is 0.492. The monoisotopic (exact) mass is 316 g/mol. The standard InChI is InChI=1S/C18H20O5/c1-18(2,3)23-16(20)7-5-6-13-14(21-4)10-8-12-9-11-15(19)22-17(12)13/h5,7-11H,6H2,1-4H3/b7-5+. The molecule has 2 aromatic rings. The summed E-state index contributed by atoms with van der Waals surface area (Å²) >= 11 is 0. The largest absolute Gasteiger partial charge is 0.496 e. The van der Waals surface area contributed by atoms with E-state index in [1.54, 1.807) is 46.1 Å². The first kappa shape index (κ1) is 16.8. The lowest BCUT2D eigenvalue weighted by molar-refractivity contribution is -0.148. The van der Waals surface area contributed by atoms with Gasteiger partial charge in [-0.3, -0.25) is 0 Å². The molecule has 0 atom stereocenters. The van der Waals surface area contributed by atoms with Crippen molar-refractivity contribution < 1.29 is 18.7 Å². The summed E-state index contributed by atoms with van der Waals surface area (Å²) in [6.07, 6.45) is 3.41. The van der Waals surface area contributed by atoms with E-state index in [4.69, 9.17) is 13.9 Å². The molecule has 1 heterocycles. The highest BCUT2D eigenvalue weighted by Gasteiger charge is 2.14. The van der Waals surface area contributed by atoms with E-state index >= 15 is 0 Å². The summed E-state index contributed by atoms with van der Waals surface area (Å²) in [6.45, 7) is 5.42. The van der Waals surface area contributed by atoms with Crippen LogP contribution in [0.2, 0.25) is 0 Å². The Morgan fingerprint density at radius 2 is 1.91 bits per heavy atom. The average Bonchev–Trinajstić information content (AvgIpc) is 2.45. The molecule has 1 aromatic heterocycles. The molecule has 0 unspecified atom stereocenters. The molecule has 5 heteroatoms. The number of esters is 1. The molecule has 0 amide bonds. The Morgan fingerprint density at radius 1 is 1.22 bits per heavy atom. The SMILES string of the molecule is COc1ccc2ccc(=O)oc2c1C/C=C/C(=O)OC(C)(C)C. The molecule has 0 aliphatic heterocycles. The Kier molecular flexibility index (Phi) is 4.89. The van der Waals surface area contributed by atoms with E-state index in [0.717, 1.165) is 5.39 Å². The van der Waals surface area contributed by atoms with Gasteiger partial charge in [-0.05, 0) is 45.4 Å². The van der Waals surface area contributed by atoms with Gasteiger partial charge in [0.05, 0.1) is 7.11 Å². The molecule has 23 heavy (non-hydrogen) atoms. The van der Waals surface area contributed by atoms with Gasteiger partial charge < -0.3 is 13.9 Å². The minimum atomic E-state index is -0.536. The normalized spacial score (nSPS) is 11.8. The van der Waals surface area contributed by atoms with Crippen molar-refractivity contribution in [2.75, 3.05) is 7.11 Å². The van der Waals surface area contributed by atoms with Crippen molar-refractivity contribution in [3.05, 3.63) is 52.4 Å². The highest BCUT2D eigenvalue weighted by Crippen LogP contribution is 2.27. The third-order valence-electron chi connectivity index (χ3n) is 3.05. The van der Waals surface area contributed by atoms with E-state index in [1.807, 2.05) is 6.07 Å². The average molecular weight is 316 g/mol. The Labute approximate surface area is 134 Å². The highest BCUT2D eigenvalue weighted by atomic mass is 16.6. The van der Waals surface area contributed by atoms with E-state index < -0.39 is 17.2 Å². The van der Waals surface area contributed by atoms with E-state index in [9.17, 15) is 9.59 Å². The van der Waals surface area contributed by atoms with E-state index in [2.05, 4.69) is 0 Å². The number of ether oxygens (including phenoxy) is 2. The van der Waals surface area contributed by atoms with Gasteiger partial charge in [-0.15, -0.1) is 0 Å². The number of allylic oxidation sites excluding steroid dienone is 1. The number of benzene rings is 1. The fraction of sp³-hybridized carbons (Fsp3) is 0.333. The van der Waals surface area contributed by atoms with Crippen molar-refractivity contribution >= 4 is 16.9 Å². The predicted molar refractivity (Wildman–Crippen MR) is 87.7 cm³/mol. The molecule has 5 nitrogen and oxygen atoms in total. The Morgan fingerprint density at radius 3 is 2.57 bits per heavy atom. The van der Waals surface area contributed by atoms with Crippen LogP contribution in [0.15, 0.2) is 45.6 Å². The molecule has 0 aliphatic rings. The fourth-order valence-electron chi connectivity index (χ4n) is 2.17. The second kappa shape index (κ2) is 6.69. The van der Waals surface area contributed by atoms with Gasteiger partial charge in [0.25, 0.3) is 0 Å². The molecule has 0 radical (unpaired) electrons. The van der Waals surface area contributed by atoms with Crippen LogP contribution in [-0.4, -0.2) is 18.7 Å². The molecular weight excluding hydrogens is 296 g/mol. The van der Waals surface area contributed by atoms with E-state index in [-0.39, 0.29) is 0 Å². The number of hydrogen-bond donors (Lipinski definition) is 0. The predicted octanol–water partition coefficient (Wildman–Crippen LogP) is 3.24. The van der Waals surface area contributed by atoms with Crippen LogP contribution in [0.25, 0.3) is 11.0 Å². The van der Waals surface area contributed by atoms with Crippen molar-refractivity contribution in [3.8, 4) is 5.75 Å². The first-order valence-corrected chi connectivity index (χ1v) is 7.29. The lowest BCUT2D eigenvalue weighted by Gasteiger charge is -2.17. The van der Waals surface area contributed by atoms with Gasteiger partial charge in [-0.25, -0.2) is 9.59 Å². The maximum absolute atomic E-state index is 11.7. The Bertz CT molecular complexity index is 793. The summed E-state index contributed by atoms with van der Waals surface area (Å²) in [5.74, 6) is 0.179. The molecule has 0 bridgehead atoms. The molecule has 0 spiro atoms. The van der Waals surface area contributed by atoms with Gasteiger partial charge >= 0.3 is 11.6 Å². The summed E-state index contributed by atoms with van der Waals surface area (Å²) in [5, 5.41) is 0.797. The third kappa shape index (κ3) is 4.45. The van der Waals surface area contributed by atoms with Crippen LogP contribution in [0.1, 0.15) is 26.3 Å². The molecule has 2 rings (SSSR count). The van der Waals surface area contributed by atoms with Crippen LogP contribution in [0, 0.1) is 0 Å². The van der Waals surface area contributed by atoms with Gasteiger partial charge in [0.1, 0.15) is 16.9 Å². The van der Waals surface area contributed by atoms with Crippen LogP contribution < -0.4 is 10.4 Å². The number of carbonyl (C=O) groups excluding carboxylic acids is 1. The summed E-state index contributed by atoms with van der Waals surface area (Å²) < 4.78 is 15.8. The molecule has 0 saturated heterocycles. The van der Waals surface area contributed by atoms with Crippen molar-refractivity contribution in [3.63, 3.8) is 0 Å². The van der Waals surface area contributed by atoms with Gasteiger partial charge in [0, 0.05) is 23.1 Å². The lowest BCUT2D eigenvalue weighted by atomic mass is 10.1. The summed E-state index contributed by atoms with van der Waals surface area (Å²) in [4.78, 5) is 23.2. The van der Waals surface area contributed by atoms with Crippen LogP contribution in [0.3, 0.4) is 0 Å². The molecular formula is C18H20O5. The summed E-state index contributed by atoms with van der Waals surface area (Å²) in [7, 11) is 1.54. The van der Waals surface area contributed by atoms with Crippen molar-refractivity contribution in [1.29, 1.82) is 0 Å². The molecule has 122 valence electrons. The summed E-state index contributed by atoms with van der Waals surface area (Å²) in [5.41, 5.74) is 0.210. The van der Waals surface area contributed by atoms with Crippen molar-refractivity contribution in [1.82, 2.24) is 0 Å². The van der Waals surface area contributed by atoms with Crippen molar-refractivity contribution in [2.24, 2.45) is 0 Å². The van der Waals surface area contributed by atoms with E-state index in [0.29, 0.717) is 23.3 Å². The smallest absolute Gasteiger partial charge is 0.336 e. The highest BCUT2D eigenvalue weighted by molar-refractivity contribution is 5.84. The molecule has 0 fully saturated rings. The fourth-order valence-corrected chi connectivity index (χ4v) is 2.17. The Balaban J connectivity index is 2.30. The molecule has 0 N–H and O–H groups in total. The van der Waals surface area contributed by atoms with Crippen LogP contribution in [0.4, 0.5) is 0 Å². The maximum Gasteiger partial charge on any atom is 0.336 e. The number of fused-ring (bicyclic) bond motifs is 1. The zero-order chi connectivity index (χ0) is 17.0. The number of hydrogen-bond acceptors (Lipinski definition) is 5. The van der Waals surface area contributed by atoms with E-state index in [1.165, 1.54) is 12.1 Å². The second-order valence-electron chi connectivity index (χ2n) is 6.06. The first-order valence-electron chi connectivity index (χ1n) is 7.29. The topological polar surface area (TPSA) is 65.7 Å². The second-order valence-corrected chi connectivity index (χ2v) is 6.06. The number of carbonyl (C=O) groups is 1. The van der Waals surface area contributed by atoms with Gasteiger partial charge in [0.15, 0.2) is 0 Å². The zero-order valence-electron chi connectivity index (χ0n) is 13.7. The number of methoxy groups -OCH3 is 1. The molecule has 1 aromatic carbocycles. The van der Waals surface area contributed by atoms with Crippen LogP contribution in [0.5, 0.6) is 5.75 Å². The maximum atomic E-state index is 11.7. The minimum Gasteiger partial charge on any atom is -0.496 e. The zero-order valence-corrected chi connectivity index (χ0v) is 13.7.